The Kier molecular flexibility index (Phi) is 3.01. The number of nitrogens with one attached hydrogen (secondary N) is 2. The van der Waals surface area contributed by atoms with Crippen molar-refractivity contribution in [3.8, 4) is 0 Å². The third-order valence-electron chi connectivity index (χ3n) is 3.35. The average Bonchev–Trinajstić information content (AvgIpc) is 3.26. The zero-order valence-electron chi connectivity index (χ0n) is 11.3. The maximum Gasteiger partial charge on any atom is 0.409 e. The molecule has 10 heteroatoms. The maximum absolute atomic E-state index is 12.5. The van der Waals surface area contributed by atoms with E-state index in [-0.39, 0.29) is 22.8 Å². The molecule has 0 saturated carbocycles. The SMILES string of the molecule is O=C(O)NC1=C(N2CC2)C(=O)C(NC(=O)O)=C(N2CC2)C1=O. The van der Waals surface area contributed by atoms with Crippen molar-refractivity contribution in [2.24, 2.45) is 0 Å². The Morgan fingerprint density at radius 1 is 0.773 bits per heavy atom. The van der Waals surface area contributed by atoms with E-state index in [0.717, 1.165) is 0 Å². The van der Waals surface area contributed by atoms with Crippen molar-refractivity contribution < 1.29 is 29.4 Å². The van der Waals surface area contributed by atoms with Gasteiger partial charge in [-0.05, 0) is 0 Å². The van der Waals surface area contributed by atoms with Crippen LogP contribution in [-0.4, -0.2) is 69.9 Å². The summed E-state index contributed by atoms with van der Waals surface area (Å²) in [7, 11) is 0. The fraction of sp³-hybridized carbons (Fsp3) is 0.333. The number of Topliss-reactive ketones (excluding diaryl/α,β-unsaturated/α-hetero) is 2. The highest BCUT2D eigenvalue weighted by molar-refractivity contribution is 6.25. The molecule has 0 unspecified atom stereocenters. The fourth-order valence-corrected chi connectivity index (χ4v) is 2.28. The smallest absolute Gasteiger partial charge is 0.409 e. The minimum absolute atomic E-state index is 0.109. The number of carbonyl (C=O) groups excluding carboxylic acids is 2. The van der Waals surface area contributed by atoms with Crippen LogP contribution in [0.15, 0.2) is 22.8 Å². The van der Waals surface area contributed by atoms with Gasteiger partial charge in [-0.25, -0.2) is 9.59 Å². The van der Waals surface area contributed by atoms with Gasteiger partial charge in [0.1, 0.15) is 22.8 Å². The summed E-state index contributed by atoms with van der Waals surface area (Å²) in [6.45, 7) is 1.99. The first kappa shape index (κ1) is 13.9. The van der Waals surface area contributed by atoms with Crippen molar-refractivity contribution in [3.63, 3.8) is 0 Å². The number of ketones is 2. The summed E-state index contributed by atoms with van der Waals surface area (Å²) in [5.41, 5.74) is -0.871. The molecule has 0 bridgehead atoms. The third kappa shape index (κ3) is 2.34. The van der Waals surface area contributed by atoms with Crippen LogP contribution in [0, 0.1) is 0 Å². The Morgan fingerprint density at radius 2 is 1.09 bits per heavy atom. The summed E-state index contributed by atoms with van der Waals surface area (Å²) in [4.78, 5) is 49.9. The van der Waals surface area contributed by atoms with Gasteiger partial charge >= 0.3 is 12.2 Å². The number of hydrogen-bond acceptors (Lipinski definition) is 6. The quantitative estimate of drug-likeness (QED) is 0.372. The fourth-order valence-electron chi connectivity index (χ4n) is 2.28. The molecule has 0 aromatic rings. The van der Waals surface area contributed by atoms with Gasteiger partial charge in [0, 0.05) is 26.2 Å². The van der Waals surface area contributed by atoms with Crippen molar-refractivity contribution in [1.29, 1.82) is 0 Å². The van der Waals surface area contributed by atoms with E-state index in [1.54, 1.807) is 0 Å². The second-order valence-corrected chi connectivity index (χ2v) is 4.94. The summed E-state index contributed by atoms with van der Waals surface area (Å²) >= 11 is 0. The summed E-state index contributed by atoms with van der Waals surface area (Å²) < 4.78 is 0. The molecular weight excluding hydrogens is 296 g/mol. The van der Waals surface area contributed by atoms with Crippen LogP contribution in [0.25, 0.3) is 0 Å². The number of carboxylic acid groups (broad SMARTS) is 2. The Labute approximate surface area is 123 Å². The van der Waals surface area contributed by atoms with Crippen molar-refractivity contribution in [2.75, 3.05) is 26.2 Å². The van der Waals surface area contributed by atoms with Gasteiger partial charge in [-0.3, -0.25) is 20.2 Å². The maximum atomic E-state index is 12.5. The minimum atomic E-state index is -1.46. The molecule has 2 amide bonds. The molecule has 3 aliphatic rings. The van der Waals surface area contributed by atoms with Crippen LogP contribution >= 0.6 is 0 Å². The Morgan fingerprint density at radius 3 is 1.32 bits per heavy atom. The first-order valence-corrected chi connectivity index (χ1v) is 6.48. The van der Waals surface area contributed by atoms with Crippen molar-refractivity contribution in [1.82, 2.24) is 20.4 Å². The van der Waals surface area contributed by atoms with E-state index in [2.05, 4.69) is 0 Å². The number of carbonyl (C=O) groups is 4. The van der Waals surface area contributed by atoms with Gasteiger partial charge in [-0.1, -0.05) is 0 Å². The number of nitrogens with zero attached hydrogens (tertiary/aromatic N) is 2. The first-order chi connectivity index (χ1) is 10.4. The number of amides is 2. The lowest BCUT2D eigenvalue weighted by Gasteiger charge is -2.24. The van der Waals surface area contributed by atoms with Gasteiger partial charge in [0.2, 0.25) is 11.6 Å². The molecule has 0 aromatic heterocycles. The normalized spacial score (nSPS) is 20.4. The molecule has 2 heterocycles. The minimum Gasteiger partial charge on any atom is -0.465 e. The van der Waals surface area contributed by atoms with Gasteiger partial charge in [0.15, 0.2) is 0 Å². The average molecular weight is 308 g/mol. The van der Waals surface area contributed by atoms with E-state index in [0.29, 0.717) is 26.2 Å². The predicted octanol–water partition coefficient (Wildman–Crippen LogP) is -1.27. The molecule has 0 atom stereocenters. The highest BCUT2D eigenvalue weighted by Gasteiger charge is 2.45. The lowest BCUT2D eigenvalue weighted by molar-refractivity contribution is -0.118. The molecule has 4 N–H and O–H groups in total. The van der Waals surface area contributed by atoms with Crippen LogP contribution in [-0.2, 0) is 9.59 Å². The topological polar surface area (TPSA) is 139 Å². The molecule has 10 nitrogen and oxygen atoms in total. The zero-order chi connectivity index (χ0) is 16.0. The lowest BCUT2D eigenvalue weighted by Crippen LogP contribution is -2.42. The molecule has 22 heavy (non-hydrogen) atoms. The summed E-state index contributed by atoms with van der Waals surface area (Å²) in [5.74, 6) is -1.41. The molecule has 2 aliphatic heterocycles. The van der Waals surface area contributed by atoms with Crippen LogP contribution in [0.4, 0.5) is 9.59 Å². The number of hydrogen-bond donors (Lipinski definition) is 4. The summed E-state index contributed by atoms with van der Waals surface area (Å²) in [5, 5.41) is 21.7. The highest BCUT2D eigenvalue weighted by atomic mass is 16.4. The zero-order valence-corrected chi connectivity index (χ0v) is 11.3. The standard InChI is InChI=1S/C12H12N4O6/c17-9-6(14-12(21)22)8(16-3-4-16)10(18)5(13-11(19)20)7(9)15-1-2-15/h13-14H,1-4H2,(H,19,20)(H,21,22). The van der Waals surface area contributed by atoms with Gasteiger partial charge in [-0.15, -0.1) is 0 Å². The van der Waals surface area contributed by atoms with Crippen LogP contribution in [0.2, 0.25) is 0 Å². The van der Waals surface area contributed by atoms with Crippen molar-refractivity contribution in [3.05, 3.63) is 22.8 Å². The molecule has 0 aromatic carbocycles. The number of rotatable bonds is 4. The van der Waals surface area contributed by atoms with E-state index >= 15 is 0 Å². The molecule has 0 spiro atoms. The van der Waals surface area contributed by atoms with Crippen molar-refractivity contribution in [2.45, 2.75) is 0 Å². The first-order valence-electron chi connectivity index (χ1n) is 6.48. The largest absolute Gasteiger partial charge is 0.465 e. The van der Waals surface area contributed by atoms with Crippen LogP contribution in [0.5, 0.6) is 0 Å². The Hall–Kier alpha value is -3.04. The second kappa shape index (κ2) is 4.76. The van der Waals surface area contributed by atoms with Crippen LogP contribution in [0.1, 0.15) is 0 Å². The van der Waals surface area contributed by atoms with Crippen LogP contribution < -0.4 is 10.6 Å². The highest BCUT2D eigenvalue weighted by Crippen LogP contribution is 2.32. The Bertz CT molecular complexity index is 613. The Balaban J connectivity index is 2.08. The predicted molar refractivity (Wildman–Crippen MR) is 69.5 cm³/mol. The van der Waals surface area contributed by atoms with E-state index < -0.39 is 23.8 Å². The van der Waals surface area contributed by atoms with E-state index in [1.807, 2.05) is 10.6 Å². The molecule has 2 fully saturated rings. The molecular formula is C12H12N4O6. The van der Waals surface area contributed by atoms with Crippen LogP contribution in [0.3, 0.4) is 0 Å². The third-order valence-corrected chi connectivity index (χ3v) is 3.35. The van der Waals surface area contributed by atoms with Crippen molar-refractivity contribution >= 4 is 23.8 Å². The molecule has 0 radical (unpaired) electrons. The lowest BCUT2D eigenvalue weighted by atomic mass is 9.98. The van der Waals surface area contributed by atoms with E-state index in [9.17, 15) is 19.2 Å². The molecule has 116 valence electrons. The van der Waals surface area contributed by atoms with Gasteiger partial charge < -0.3 is 20.0 Å². The van der Waals surface area contributed by atoms with E-state index in [1.165, 1.54) is 9.80 Å². The van der Waals surface area contributed by atoms with Gasteiger partial charge in [-0.2, -0.15) is 0 Å². The molecule has 3 rings (SSSR count). The monoisotopic (exact) mass is 308 g/mol. The molecule has 1 aliphatic carbocycles. The summed E-state index contributed by atoms with van der Waals surface area (Å²) in [6, 6.07) is 0. The van der Waals surface area contributed by atoms with E-state index in [4.69, 9.17) is 10.2 Å². The van der Waals surface area contributed by atoms with Gasteiger partial charge in [0.25, 0.3) is 0 Å². The summed E-state index contributed by atoms with van der Waals surface area (Å²) in [6.07, 6.45) is -2.93. The molecule has 2 saturated heterocycles. The van der Waals surface area contributed by atoms with Gasteiger partial charge in [0.05, 0.1) is 0 Å². The second-order valence-electron chi connectivity index (χ2n) is 4.94.